The zero-order valence-electron chi connectivity index (χ0n) is 12.2. The van der Waals surface area contributed by atoms with Crippen LogP contribution in [0.15, 0.2) is 0 Å². The highest BCUT2D eigenvalue weighted by Crippen LogP contribution is 2.21. The fourth-order valence-electron chi connectivity index (χ4n) is 2.07. The highest BCUT2D eigenvalue weighted by molar-refractivity contribution is 5.76. The van der Waals surface area contributed by atoms with Crippen molar-refractivity contribution in [1.29, 1.82) is 0 Å². The molecule has 4 nitrogen and oxygen atoms in total. The molecule has 1 rings (SSSR count). The van der Waals surface area contributed by atoms with Gasteiger partial charge in [0, 0.05) is 39.3 Å². The van der Waals surface area contributed by atoms with E-state index in [1.807, 2.05) is 11.9 Å². The lowest BCUT2D eigenvalue weighted by molar-refractivity contribution is -0.131. The van der Waals surface area contributed by atoms with Crippen LogP contribution in [0, 0.1) is 11.3 Å². The first-order valence-electron chi connectivity index (χ1n) is 6.88. The molecule has 106 valence electrons. The van der Waals surface area contributed by atoms with Crippen LogP contribution in [0.1, 0.15) is 40.0 Å². The predicted molar refractivity (Wildman–Crippen MR) is 73.2 cm³/mol. The van der Waals surface area contributed by atoms with E-state index >= 15 is 0 Å². The molecule has 1 heterocycles. The van der Waals surface area contributed by atoms with Crippen molar-refractivity contribution in [2.45, 2.75) is 46.1 Å². The summed E-state index contributed by atoms with van der Waals surface area (Å²) in [6, 6.07) is -0.0814. The van der Waals surface area contributed by atoms with Gasteiger partial charge in [-0.25, -0.2) is 0 Å². The standard InChI is InChI=1S/C14H28N2O2/c1-14(2,3)12(15)9-13(17)16(4)10-11-5-7-18-8-6-11/h11-12H,5-10,15H2,1-4H3. The zero-order valence-corrected chi connectivity index (χ0v) is 12.2. The average molecular weight is 256 g/mol. The molecule has 1 unspecified atom stereocenters. The molecule has 0 aromatic heterocycles. The SMILES string of the molecule is CN(CC1CCOCC1)C(=O)CC(N)C(C)(C)C. The van der Waals surface area contributed by atoms with Gasteiger partial charge < -0.3 is 15.4 Å². The molecule has 1 atom stereocenters. The Bertz CT molecular complexity index is 267. The van der Waals surface area contributed by atoms with Crippen LogP contribution in [0.4, 0.5) is 0 Å². The van der Waals surface area contributed by atoms with Gasteiger partial charge in [0.2, 0.25) is 5.91 Å². The molecule has 0 bridgehead atoms. The van der Waals surface area contributed by atoms with Crippen LogP contribution in [0.3, 0.4) is 0 Å². The summed E-state index contributed by atoms with van der Waals surface area (Å²) in [4.78, 5) is 13.9. The Kier molecular flexibility index (Phi) is 5.60. The van der Waals surface area contributed by atoms with E-state index in [-0.39, 0.29) is 17.4 Å². The normalized spacial score (nSPS) is 19.6. The lowest BCUT2D eigenvalue weighted by atomic mass is 9.85. The van der Waals surface area contributed by atoms with Gasteiger partial charge in [-0.05, 0) is 24.2 Å². The summed E-state index contributed by atoms with van der Waals surface area (Å²) in [7, 11) is 1.88. The first-order valence-corrected chi connectivity index (χ1v) is 6.88. The molecule has 1 fully saturated rings. The second-order valence-electron chi connectivity index (χ2n) is 6.51. The number of hydrogen-bond acceptors (Lipinski definition) is 3. The minimum absolute atomic E-state index is 0.0187. The third kappa shape index (κ3) is 4.94. The van der Waals surface area contributed by atoms with Gasteiger partial charge in [-0.3, -0.25) is 4.79 Å². The molecule has 2 N–H and O–H groups in total. The lowest BCUT2D eigenvalue weighted by Crippen LogP contribution is -2.42. The van der Waals surface area contributed by atoms with E-state index in [1.54, 1.807) is 0 Å². The van der Waals surface area contributed by atoms with Crippen LogP contribution >= 0.6 is 0 Å². The Morgan fingerprint density at radius 2 is 1.94 bits per heavy atom. The highest BCUT2D eigenvalue weighted by atomic mass is 16.5. The third-order valence-corrected chi connectivity index (χ3v) is 3.81. The highest BCUT2D eigenvalue weighted by Gasteiger charge is 2.25. The molecular formula is C14H28N2O2. The molecule has 1 saturated heterocycles. The van der Waals surface area contributed by atoms with Crippen LogP contribution in [-0.4, -0.2) is 43.7 Å². The van der Waals surface area contributed by atoms with Crippen molar-refractivity contribution in [3.63, 3.8) is 0 Å². The van der Waals surface area contributed by atoms with Crippen molar-refractivity contribution >= 4 is 5.91 Å². The van der Waals surface area contributed by atoms with Crippen molar-refractivity contribution < 1.29 is 9.53 Å². The van der Waals surface area contributed by atoms with E-state index in [4.69, 9.17) is 10.5 Å². The molecule has 0 spiro atoms. The average Bonchev–Trinajstić information content (AvgIpc) is 2.28. The quantitative estimate of drug-likeness (QED) is 0.832. The van der Waals surface area contributed by atoms with Gasteiger partial charge in [-0.15, -0.1) is 0 Å². The van der Waals surface area contributed by atoms with Crippen LogP contribution in [0.2, 0.25) is 0 Å². The van der Waals surface area contributed by atoms with Gasteiger partial charge in [0.15, 0.2) is 0 Å². The van der Waals surface area contributed by atoms with Crippen molar-refractivity contribution in [1.82, 2.24) is 4.90 Å². The van der Waals surface area contributed by atoms with Crippen molar-refractivity contribution in [3.05, 3.63) is 0 Å². The predicted octanol–water partition coefficient (Wildman–Crippen LogP) is 1.63. The number of nitrogens with zero attached hydrogens (tertiary/aromatic N) is 1. The smallest absolute Gasteiger partial charge is 0.223 e. The summed E-state index contributed by atoms with van der Waals surface area (Å²) in [5, 5.41) is 0. The molecule has 0 radical (unpaired) electrons. The summed E-state index contributed by atoms with van der Waals surface area (Å²) in [5.41, 5.74) is 6.04. The number of amides is 1. The van der Waals surface area contributed by atoms with Gasteiger partial charge in [0.1, 0.15) is 0 Å². The van der Waals surface area contributed by atoms with Crippen LogP contribution in [0.5, 0.6) is 0 Å². The van der Waals surface area contributed by atoms with Crippen LogP contribution < -0.4 is 5.73 Å². The van der Waals surface area contributed by atoms with Crippen molar-refractivity contribution in [3.8, 4) is 0 Å². The Balaban J connectivity index is 2.36. The van der Waals surface area contributed by atoms with Gasteiger partial charge in [0.25, 0.3) is 0 Å². The van der Waals surface area contributed by atoms with Gasteiger partial charge in [0.05, 0.1) is 0 Å². The second kappa shape index (κ2) is 6.53. The molecular weight excluding hydrogens is 228 g/mol. The minimum atomic E-state index is -0.0814. The van der Waals surface area contributed by atoms with Crippen molar-refractivity contribution in [2.75, 3.05) is 26.8 Å². The van der Waals surface area contributed by atoms with E-state index in [0.29, 0.717) is 12.3 Å². The molecule has 0 saturated carbocycles. The molecule has 0 aromatic carbocycles. The van der Waals surface area contributed by atoms with Crippen molar-refractivity contribution in [2.24, 2.45) is 17.1 Å². The van der Waals surface area contributed by atoms with Gasteiger partial charge in [-0.2, -0.15) is 0 Å². The fraction of sp³-hybridized carbons (Fsp3) is 0.929. The zero-order chi connectivity index (χ0) is 13.8. The van der Waals surface area contributed by atoms with E-state index in [9.17, 15) is 4.79 Å². The topological polar surface area (TPSA) is 55.6 Å². The van der Waals surface area contributed by atoms with Crippen LogP contribution in [-0.2, 0) is 9.53 Å². The Hall–Kier alpha value is -0.610. The summed E-state index contributed by atoms with van der Waals surface area (Å²) < 4.78 is 5.33. The molecule has 18 heavy (non-hydrogen) atoms. The maximum atomic E-state index is 12.1. The van der Waals surface area contributed by atoms with E-state index in [0.717, 1.165) is 32.6 Å². The number of carbonyl (C=O) groups excluding carboxylic acids is 1. The van der Waals surface area contributed by atoms with Gasteiger partial charge >= 0.3 is 0 Å². The maximum Gasteiger partial charge on any atom is 0.223 e. The molecule has 0 aromatic rings. The second-order valence-corrected chi connectivity index (χ2v) is 6.51. The number of carbonyl (C=O) groups is 1. The third-order valence-electron chi connectivity index (χ3n) is 3.81. The Morgan fingerprint density at radius 1 is 1.39 bits per heavy atom. The minimum Gasteiger partial charge on any atom is -0.381 e. The lowest BCUT2D eigenvalue weighted by Gasteiger charge is -2.30. The number of hydrogen-bond donors (Lipinski definition) is 1. The molecule has 4 heteroatoms. The fourth-order valence-corrected chi connectivity index (χ4v) is 2.07. The van der Waals surface area contributed by atoms with E-state index in [1.165, 1.54) is 0 Å². The largest absolute Gasteiger partial charge is 0.381 e. The van der Waals surface area contributed by atoms with Crippen LogP contribution in [0.25, 0.3) is 0 Å². The molecule has 1 aliphatic rings. The molecule has 1 aliphatic heterocycles. The monoisotopic (exact) mass is 256 g/mol. The summed E-state index contributed by atoms with van der Waals surface area (Å²) in [5.74, 6) is 0.738. The van der Waals surface area contributed by atoms with Gasteiger partial charge in [-0.1, -0.05) is 20.8 Å². The van der Waals surface area contributed by atoms with E-state index < -0.39 is 0 Å². The number of ether oxygens (including phenoxy) is 1. The summed E-state index contributed by atoms with van der Waals surface area (Å²) in [6.07, 6.45) is 2.55. The molecule has 1 amide bonds. The Labute approximate surface area is 111 Å². The van der Waals surface area contributed by atoms with E-state index in [2.05, 4.69) is 20.8 Å². The Morgan fingerprint density at radius 3 is 2.44 bits per heavy atom. The first-order chi connectivity index (χ1) is 8.30. The molecule has 0 aliphatic carbocycles. The number of nitrogens with two attached hydrogens (primary N) is 1. The summed E-state index contributed by atoms with van der Waals surface area (Å²) in [6.45, 7) is 8.71. The number of rotatable bonds is 4. The maximum absolute atomic E-state index is 12.1. The summed E-state index contributed by atoms with van der Waals surface area (Å²) >= 11 is 0. The first kappa shape index (κ1) is 15.4.